The van der Waals surface area contributed by atoms with Gasteiger partial charge in [0, 0.05) is 52.4 Å². The zero-order chi connectivity index (χ0) is 19.4. The van der Waals surface area contributed by atoms with Crippen LogP contribution in [0.1, 0.15) is 0 Å². The molecule has 0 spiro atoms. The molecule has 1 aliphatic heterocycles. The van der Waals surface area contributed by atoms with Crippen LogP contribution in [0, 0.1) is 0 Å². The fourth-order valence-corrected chi connectivity index (χ4v) is 3.22. The molecular formula is C16H36N4O6. The lowest BCUT2D eigenvalue weighted by Crippen LogP contribution is -2.56. The van der Waals surface area contributed by atoms with Crippen LogP contribution < -0.4 is 10.6 Å². The third-order valence-corrected chi connectivity index (χ3v) is 4.88. The molecule has 1 rings (SSSR count). The minimum absolute atomic E-state index is 0.286. The molecule has 10 heteroatoms. The lowest BCUT2D eigenvalue weighted by Gasteiger charge is -2.38. The van der Waals surface area contributed by atoms with Crippen molar-refractivity contribution in [1.29, 1.82) is 0 Å². The third kappa shape index (κ3) is 7.69. The summed E-state index contributed by atoms with van der Waals surface area (Å²) in [5, 5.41) is 64.3. The number of rotatable bonds is 8. The van der Waals surface area contributed by atoms with Gasteiger partial charge in [-0.3, -0.25) is 9.80 Å². The molecule has 0 amide bonds. The quantitative estimate of drug-likeness (QED) is 0.206. The maximum atomic E-state index is 10.00. The molecule has 0 aliphatic carbocycles. The largest absolute Gasteiger partial charge is 0.395 e. The Morgan fingerprint density at radius 1 is 0.577 bits per heavy atom. The van der Waals surface area contributed by atoms with Gasteiger partial charge in [0.2, 0.25) is 0 Å². The second-order valence-corrected chi connectivity index (χ2v) is 6.57. The van der Waals surface area contributed by atoms with Gasteiger partial charge >= 0.3 is 0 Å². The summed E-state index contributed by atoms with van der Waals surface area (Å²) in [5.41, 5.74) is 0. The lowest BCUT2D eigenvalue weighted by atomic mass is 10.1. The van der Waals surface area contributed by atoms with E-state index in [-0.39, 0.29) is 13.2 Å². The number of aliphatic hydroxyl groups is 6. The third-order valence-electron chi connectivity index (χ3n) is 4.88. The van der Waals surface area contributed by atoms with Crippen LogP contribution in [0.5, 0.6) is 0 Å². The number of nitrogens with one attached hydrogen (secondary N) is 2. The van der Waals surface area contributed by atoms with Crippen molar-refractivity contribution in [3.05, 3.63) is 0 Å². The van der Waals surface area contributed by atoms with Crippen LogP contribution in [0.3, 0.4) is 0 Å². The van der Waals surface area contributed by atoms with E-state index in [4.69, 9.17) is 0 Å². The number of aliphatic hydroxyl groups excluding tert-OH is 6. The van der Waals surface area contributed by atoms with Crippen molar-refractivity contribution in [2.75, 3.05) is 78.8 Å². The van der Waals surface area contributed by atoms with Crippen molar-refractivity contribution in [2.24, 2.45) is 0 Å². The van der Waals surface area contributed by atoms with Crippen molar-refractivity contribution in [1.82, 2.24) is 20.4 Å². The average Bonchev–Trinajstić information content (AvgIpc) is 2.65. The molecular weight excluding hydrogens is 344 g/mol. The van der Waals surface area contributed by atoms with Crippen molar-refractivity contribution in [3.8, 4) is 0 Å². The van der Waals surface area contributed by atoms with E-state index in [9.17, 15) is 30.6 Å². The SMILES string of the molecule is OCC([C@H](O)CO)N1CCNCCNCCN(C(CO)[C@@H](O)CO)CC1. The summed E-state index contributed by atoms with van der Waals surface area (Å²) >= 11 is 0. The number of nitrogens with zero attached hydrogens (tertiary/aromatic N) is 2. The molecule has 0 aromatic rings. The first-order chi connectivity index (χ1) is 12.6. The van der Waals surface area contributed by atoms with Gasteiger partial charge < -0.3 is 41.3 Å². The highest BCUT2D eigenvalue weighted by Gasteiger charge is 2.28. The highest BCUT2D eigenvalue weighted by molar-refractivity contribution is 4.83. The predicted octanol–water partition coefficient (Wildman–Crippen LogP) is -4.79. The van der Waals surface area contributed by atoms with E-state index in [2.05, 4.69) is 10.6 Å². The molecule has 10 nitrogen and oxygen atoms in total. The van der Waals surface area contributed by atoms with Crippen LogP contribution in [0.15, 0.2) is 0 Å². The van der Waals surface area contributed by atoms with Gasteiger partial charge in [0.1, 0.15) is 0 Å². The van der Waals surface area contributed by atoms with E-state index in [1.807, 2.05) is 9.80 Å². The monoisotopic (exact) mass is 380 g/mol. The van der Waals surface area contributed by atoms with Crippen molar-refractivity contribution in [2.45, 2.75) is 24.3 Å². The smallest absolute Gasteiger partial charge is 0.0947 e. The zero-order valence-corrected chi connectivity index (χ0v) is 15.4. The lowest BCUT2D eigenvalue weighted by molar-refractivity contribution is -0.0332. The summed E-state index contributed by atoms with van der Waals surface area (Å²) in [6, 6.07) is -1.19. The van der Waals surface area contributed by atoms with Gasteiger partial charge in [-0.05, 0) is 0 Å². The van der Waals surface area contributed by atoms with Crippen LogP contribution >= 0.6 is 0 Å². The number of hydrogen-bond acceptors (Lipinski definition) is 10. The Balaban J connectivity index is 2.86. The van der Waals surface area contributed by atoms with Gasteiger partial charge in [0.25, 0.3) is 0 Å². The van der Waals surface area contributed by atoms with Crippen LogP contribution in [0.2, 0.25) is 0 Å². The van der Waals surface area contributed by atoms with E-state index >= 15 is 0 Å². The summed E-state index contributed by atoms with van der Waals surface area (Å²) < 4.78 is 0. The minimum Gasteiger partial charge on any atom is -0.395 e. The highest BCUT2D eigenvalue weighted by atomic mass is 16.3. The molecule has 0 saturated carbocycles. The van der Waals surface area contributed by atoms with Gasteiger partial charge in [-0.15, -0.1) is 0 Å². The van der Waals surface area contributed by atoms with Crippen LogP contribution in [-0.4, -0.2) is 144 Å². The van der Waals surface area contributed by atoms with Crippen molar-refractivity contribution < 1.29 is 30.6 Å². The van der Waals surface area contributed by atoms with Crippen molar-refractivity contribution in [3.63, 3.8) is 0 Å². The summed E-state index contributed by atoms with van der Waals surface area (Å²) in [6.45, 7) is 3.50. The second-order valence-electron chi connectivity index (χ2n) is 6.57. The molecule has 8 N–H and O–H groups in total. The first-order valence-corrected chi connectivity index (χ1v) is 9.28. The molecule has 0 aromatic heterocycles. The van der Waals surface area contributed by atoms with Crippen LogP contribution in [0.25, 0.3) is 0 Å². The molecule has 0 bridgehead atoms. The van der Waals surface area contributed by atoms with Gasteiger partial charge in [0.05, 0.1) is 50.7 Å². The standard InChI is InChI=1S/C16H36N4O6/c21-9-13(15(25)11-23)19-5-3-17-1-2-18-4-6-20(8-7-19)14(10-22)16(26)12-24/h13-18,21-26H,1-12H2/t13?,14?,15-,16+. The fraction of sp³-hybridized carbons (Fsp3) is 1.00. The molecule has 1 heterocycles. The normalized spacial score (nSPS) is 24.2. The Morgan fingerprint density at radius 3 is 1.27 bits per heavy atom. The van der Waals surface area contributed by atoms with E-state index in [1.54, 1.807) is 0 Å². The van der Waals surface area contributed by atoms with Gasteiger partial charge in [0.15, 0.2) is 0 Å². The van der Waals surface area contributed by atoms with Crippen LogP contribution in [-0.2, 0) is 0 Å². The zero-order valence-electron chi connectivity index (χ0n) is 15.4. The van der Waals surface area contributed by atoms with Gasteiger partial charge in [-0.25, -0.2) is 0 Å². The molecule has 1 saturated heterocycles. The maximum Gasteiger partial charge on any atom is 0.0947 e. The Labute approximate surface area is 155 Å². The molecule has 2 unspecified atom stereocenters. The minimum atomic E-state index is -1.06. The predicted molar refractivity (Wildman–Crippen MR) is 96.8 cm³/mol. The Bertz CT molecular complexity index is 323. The fourth-order valence-electron chi connectivity index (χ4n) is 3.22. The molecule has 1 aliphatic rings. The first kappa shape index (κ1) is 23.6. The van der Waals surface area contributed by atoms with Crippen molar-refractivity contribution >= 4 is 0 Å². The summed E-state index contributed by atoms with van der Waals surface area (Å²) in [7, 11) is 0. The molecule has 4 atom stereocenters. The van der Waals surface area contributed by atoms with E-state index in [1.165, 1.54) is 0 Å². The summed E-state index contributed by atoms with van der Waals surface area (Å²) in [4.78, 5) is 3.80. The molecule has 156 valence electrons. The van der Waals surface area contributed by atoms with Gasteiger partial charge in [-0.2, -0.15) is 0 Å². The number of hydrogen-bond donors (Lipinski definition) is 8. The topological polar surface area (TPSA) is 152 Å². The summed E-state index contributed by atoms with van der Waals surface area (Å²) in [5.74, 6) is 0. The van der Waals surface area contributed by atoms with E-state index in [0.717, 1.165) is 13.1 Å². The molecule has 0 aromatic carbocycles. The Hall–Kier alpha value is -0.400. The molecule has 1 fully saturated rings. The Morgan fingerprint density at radius 2 is 0.962 bits per heavy atom. The summed E-state index contributed by atoms with van der Waals surface area (Å²) in [6.07, 6.45) is -2.11. The Kier molecular flexibility index (Phi) is 12.5. The van der Waals surface area contributed by atoms with Gasteiger partial charge in [-0.1, -0.05) is 0 Å². The van der Waals surface area contributed by atoms with E-state index < -0.39 is 37.5 Å². The highest BCUT2D eigenvalue weighted by Crippen LogP contribution is 2.09. The first-order valence-electron chi connectivity index (χ1n) is 9.28. The molecule has 0 radical (unpaired) electrons. The maximum absolute atomic E-state index is 10.00. The van der Waals surface area contributed by atoms with Crippen LogP contribution in [0.4, 0.5) is 0 Å². The van der Waals surface area contributed by atoms with E-state index in [0.29, 0.717) is 39.3 Å². The average molecular weight is 380 g/mol. The molecule has 26 heavy (non-hydrogen) atoms. The second kappa shape index (κ2) is 13.7.